The lowest BCUT2D eigenvalue weighted by Crippen LogP contribution is -2.45. The fraction of sp³-hybridized carbons (Fsp3) is 0.833. The molecule has 1 saturated heterocycles. The van der Waals surface area contributed by atoms with Crippen molar-refractivity contribution in [3.8, 4) is 0 Å². The van der Waals surface area contributed by atoms with E-state index in [0.717, 1.165) is 0 Å². The Labute approximate surface area is 69.0 Å². The summed E-state index contributed by atoms with van der Waals surface area (Å²) in [5.74, 6) is -0.738. The highest BCUT2D eigenvalue weighted by molar-refractivity contribution is 5.81. The average molecular weight is 176 g/mol. The van der Waals surface area contributed by atoms with Crippen LogP contribution in [-0.4, -0.2) is 52.1 Å². The van der Waals surface area contributed by atoms with Crippen molar-refractivity contribution in [3.63, 3.8) is 0 Å². The molecule has 0 aromatic rings. The van der Waals surface area contributed by atoms with E-state index < -0.39 is 30.2 Å². The molecule has 0 aromatic heterocycles. The van der Waals surface area contributed by atoms with Crippen LogP contribution in [0.25, 0.3) is 0 Å². The molecule has 1 amide bonds. The van der Waals surface area contributed by atoms with E-state index in [-0.39, 0.29) is 6.61 Å². The maximum Gasteiger partial charge on any atom is 0.237 e. The van der Waals surface area contributed by atoms with Gasteiger partial charge in [-0.15, -0.1) is 0 Å². The molecule has 1 rings (SSSR count). The van der Waals surface area contributed by atoms with Gasteiger partial charge in [0, 0.05) is 0 Å². The van der Waals surface area contributed by atoms with Crippen molar-refractivity contribution in [2.75, 3.05) is 6.61 Å². The SMILES string of the molecule is NC(=O)[C@H]1N[C@H](CO)[C@H](O)[C@@H]1O. The van der Waals surface area contributed by atoms with Crippen LogP contribution in [0.5, 0.6) is 0 Å². The third-order valence-corrected chi connectivity index (χ3v) is 2.00. The van der Waals surface area contributed by atoms with Gasteiger partial charge in [-0.1, -0.05) is 0 Å². The number of rotatable bonds is 2. The van der Waals surface area contributed by atoms with Gasteiger partial charge < -0.3 is 21.1 Å². The number of primary amides is 1. The second kappa shape index (κ2) is 3.36. The lowest BCUT2D eigenvalue weighted by molar-refractivity contribution is -0.122. The molecule has 6 heteroatoms. The third-order valence-electron chi connectivity index (χ3n) is 2.00. The van der Waals surface area contributed by atoms with Crippen LogP contribution >= 0.6 is 0 Å². The summed E-state index contributed by atoms with van der Waals surface area (Å²) in [6.45, 7) is -0.345. The molecule has 6 N–H and O–H groups in total. The smallest absolute Gasteiger partial charge is 0.237 e. The van der Waals surface area contributed by atoms with Gasteiger partial charge in [0.15, 0.2) is 0 Å². The Hall–Kier alpha value is -0.690. The molecule has 1 aliphatic heterocycles. The maximum atomic E-state index is 10.6. The topological polar surface area (TPSA) is 116 Å². The van der Waals surface area contributed by atoms with Crippen molar-refractivity contribution >= 4 is 5.91 Å². The third kappa shape index (κ3) is 1.42. The van der Waals surface area contributed by atoms with E-state index in [1.54, 1.807) is 0 Å². The molecular formula is C6H12N2O4. The van der Waals surface area contributed by atoms with Gasteiger partial charge in [0.05, 0.1) is 18.8 Å². The Morgan fingerprint density at radius 2 is 2.00 bits per heavy atom. The van der Waals surface area contributed by atoms with Crippen molar-refractivity contribution in [1.82, 2.24) is 5.32 Å². The van der Waals surface area contributed by atoms with Crippen LogP contribution in [0.4, 0.5) is 0 Å². The predicted octanol–water partition coefficient (Wildman–Crippen LogP) is -3.47. The molecule has 0 saturated carbocycles. The number of carbonyl (C=O) groups excluding carboxylic acids is 1. The van der Waals surface area contributed by atoms with Gasteiger partial charge in [-0.3, -0.25) is 10.1 Å². The lowest BCUT2D eigenvalue weighted by atomic mass is 10.1. The molecule has 0 spiro atoms. The Kier molecular flexibility index (Phi) is 2.63. The van der Waals surface area contributed by atoms with Crippen molar-refractivity contribution in [1.29, 1.82) is 0 Å². The Morgan fingerprint density at radius 3 is 2.25 bits per heavy atom. The van der Waals surface area contributed by atoms with Gasteiger partial charge in [0.1, 0.15) is 12.1 Å². The van der Waals surface area contributed by atoms with Crippen LogP contribution < -0.4 is 11.1 Å². The van der Waals surface area contributed by atoms with Crippen LogP contribution in [0, 0.1) is 0 Å². The first-order valence-corrected chi connectivity index (χ1v) is 3.60. The monoisotopic (exact) mass is 176 g/mol. The molecule has 6 nitrogen and oxygen atoms in total. The van der Waals surface area contributed by atoms with Crippen molar-refractivity contribution in [2.45, 2.75) is 24.3 Å². The molecule has 0 aromatic carbocycles. The summed E-state index contributed by atoms with van der Waals surface area (Å²) < 4.78 is 0. The normalized spacial score (nSPS) is 41.6. The molecule has 1 aliphatic rings. The largest absolute Gasteiger partial charge is 0.395 e. The summed E-state index contributed by atoms with van der Waals surface area (Å²) in [4.78, 5) is 10.6. The standard InChI is InChI=1S/C6H12N2O4/c7-6(12)3-5(11)4(10)2(1-9)8-3/h2-5,8-11H,1H2,(H2,7,12)/t2-,3+,4+,5-/m1/s1. The quantitative estimate of drug-likeness (QED) is 0.300. The van der Waals surface area contributed by atoms with Crippen LogP contribution in [0.3, 0.4) is 0 Å². The van der Waals surface area contributed by atoms with E-state index >= 15 is 0 Å². The van der Waals surface area contributed by atoms with Crippen LogP contribution in [0.1, 0.15) is 0 Å². The minimum Gasteiger partial charge on any atom is -0.395 e. The van der Waals surface area contributed by atoms with Gasteiger partial charge >= 0.3 is 0 Å². The second-order valence-corrected chi connectivity index (χ2v) is 2.82. The minimum atomic E-state index is -1.24. The zero-order chi connectivity index (χ0) is 9.30. The van der Waals surface area contributed by atoms with E-state index in [2.05, 4.69) is 5.32 Å². The Balaban J connectivity index is 2.66. The highest BCUT2D eigenvalue weighted by atomic mass is 16.3. The highest BCUT2D eigenvalue weighted by Crippen LogP contribution is 2.13. The first-order valence-electron chi connectivity index (χ1n) is 3.60. The number of aliphatic hydroxyl groups excluding tert-OH is 3. The van der Waals surface area contributed by atoms with Gasteiger partial charge in [0.2, 0.25) is 5.91 Å². The van der Waals surface area contributed by atoms with E-state index in [1.165, 1.54) is 0 Å². The minimum absolute atomic E-state index is 0.345. The second-order valence-electron chi connectivity index (χ2n) is 2.82. The zero-order valence-corrected chi connectivity index (χ0v) is 6.34. The van der Waals surface area contributed by atoms with E-state index in [4.69, 9.17) is 10.8 Å². The van der Waals surface area contributed by atoms with Crippen molar-refractivity contribution in [3.05, 3.63) is 0 Å². The van der Waals surface area contributed by atoms with E-state index in [0.29, 0.717) is 0 Å². The highest BCUT2D eigenvalue weighted by Gasteiger charge is 2.43. The Morgan fingerprint density at radius 1 is 1.42 bits per heavy atom. The predicted molar refractivity (Wildman–Crippen MR) is 39.0 cm³/mol. The molecule has 0 aliphatic carbocycles. The number of aliphatic hydroxyl groups is 3. The van der Waals surface area contributed by atoms with Crippen LogP contribution in [0.15, 0.2) is 0 Å². The summed E-state index contributed by atoms with van der Waals surface area (Å²) in [6, 6.07) is -1.66. The summed E-state index contributed by atoms with van der Waals surface area (Å²) in [6.07, 6.45) is -2.38. The molecule has 0 unspecified atom stereocenters. The van der Waals surface area contributed by atoms with E-state index in [9.17, 15) is 15.0 Å². The molecular weight excluding hydrogens is 164 g/mol. The average Bonchev–Trinajstić information content (AvgIpc) is 2.30. The number of nitrogens with one attached hydrogen (secondary N) is 1. The molecule has 70 valence electrons. The van der Waals surface area contributed by atoms with Gasteiger partial charge in [-0.2, -0.15) is 0 Å². The molecule has 4 atom stereocenters. The van der Waals surface area contributed by atoms with Gasteiger partial charge in [0.25, 0.3) is 0 Å². The fourth-order valence-corrected chi connectivity index (χ4v) is 1.27. The van der Waals surface area contributed by atoms with Gasteiger partial charge in [-0.05, 0) is 0 Å². The van der Waals surface area contributed by atoms with Crippen molar-refractivity contribution < 1.29 is 20.1 Å². The molecule has 1 heterocycles. The first kappa shape index (κ1) is 9.40. The Bertz CT molecular complexity index is 186. The summed E-state index contributed by atoms with van der Waals surface area (Å²) in [5.41, 5.74) is 4.91. The maximum absolute atomic E-state index is 10.6. The number of hydrogen-bond donors (Lipinski definition) is 5. The van der Waals surface area contributed by atoms with Crippen LogP contribution in [0.2, 0.25) is 0 Å². The molecule has 0 radical (unpaired) electrons. The number of nitrogens with two attached hydrogens (primary N) is 1. The number of amides is 1. The molecule has 0 bridgehead atoms. The zero-order valence-electron chi connectivity index (χ0n) is 6.34. The molecule has 1 fully saturated rings. The fourth-order valence-electron chi connectivity index (χ4n) is 1.27. The first-order chi connectivity index (χ1) is 5.57. The lowest BCUT2D eigenvalue weighted by Gasteiger charge is -2.12. The van der Waals surface area contributed by atoms with Crippen LogP contribution in [-0.2, 0) is 4.79 Å². The number of carbonyl (C=O) groups is 1. The van der Waals surface area contributed by atoms with E-state index in [1.807, 2.05) is 0 Å². The molecule has 12 heavy (non-hydrogen) atoms. The van der Waals surface area contributed by atoms with Gasteiger partial charge in [-0.25, -0.2) is 0 Å². The summed E-state index contributed by atoms with van der Waals surface area (Å²) >= 11 is 0. The number of hydrogen-bond acceptors (Lipinski definition) is 5. The summed E-state index contributed by atoms with van der Waals surface area (Å²) in [5, 5.41) is 29.6. The summed E-state index contributed by atoms with van der Waals surface area (Å²) in [7, 11) is 0. The van der Waals surface area contributed by atoms with Crippen molar-refractivity contribution in [2.24, 2.45) is 5.73 Å².